The van der Waals surface area contributed by atoms with Crippen molar-refractivity contribution < 1.29 is 0 Å². The van der Waals surface area contributed by atoms with Gasteiger partial charge in [0.15, 0.2) is 0 Å². The summed E-state index contributed by atoms with van der Waals surface area (Å²) in [7, 11) is 0. The molecule has 0 bridgehead atoms. The topological polar surface area (TPSA) is 76.2 Å². The van der Waals surface area contributed by atoms with Crippen molar-refractivity contribution in [3.05, 3.63) is 51.1 Å². The third kappa shape index (κ3) is 2.34. The monoisotopic (exact) mass is 244 g/mol. The van der Waals surface area contributed by atoms with E-state index < -0.39 is 0 Å². The summed E-state index contributed by atoms with van der Waals surface area (Å²) in [5.74, 6) is 0.334. The maximum atomic E-state index is 11.7. The molecule has 0 unspecified atom stereocenters. The lowest BCUT2D eigenvalue weighted by Gasteiger charge is -2.03. The highest BCUT2D eigenvalue weighted by Crippen LogP contribution is 2.07. The summed E-state index contributed by atoms with van der Waals surface area (Å²) in [6.45, 7) is 5.75. The molecule has 2 rings (SSSR count). The number of nitrogens with one attached hydrogen (secondary N) is 1. The summed E-state index contributed by atoms with van der Waals surface area (Å²) >= 11 is 0. The molecule has 5 nitrogen and oxygen atoms in total. The molecule has 0 aliphatic carbocycles. The van der Waals surface area contributed by atoms with Gasteiger partial charge < -0.3 is 10.7 Å². The van der Waals surface area contributed by atoms with Crippen LogP contribution in [0.4, 0.5) is 5.82 Å². The molecule has 0 radical (unpaired) electrons. The lowest BCUT2D eigenvalue weighted by atomic mass is 10.3. The number of nitrogen functional groups attached to an aromatic ring is 1. The molecular weight excluding hydrogens is 228 g/mol. The molecule has 0 spiro atoms. The smallest absolute Gasteiger partial charge is 0.273 e. The molecule has 0 aliphatic heterocycles. The predicted molar refractivity (Wildman–Crippen MR) is 73.1 cm³/mol. The highest BCUT2D eigenvalue weighted by atomic mass is 16.1. The van der Waals surface area contributed by atoms with Crippen LogP contribution in [-0.4, -0.2) is 15.9 Å². The van der Waals surface area contributed by atoms with Gasteiger partial charge in [0.1, 0.15) is 5.82 Å². The van der Waals surface area contributed by atoms with E-state index in [1.165, 1.54) is 10.7 Å². The average Bonchev–Trinajstić information content (AvgIpc) is 2.55. The van der Waals surface area contributed by atoms with Crippen LogP contribution in [-0.2, 0) is 0 Å². The molecule has 0 fully saturated rings. The van der Waals surface area contributed by atoms with Gasteiger partial charge in [0.05, 0.1) is 6.21 Å². The van der Waals surface area contributed by atoms with Crippen molar-refractivity contribution in [2.45, 2.75) is 20.8 Å². The number of hydrogen-bond donors (Lipinski definition) is 2. The first-order valence-corrected chi connectivity index (χ1v) is 5.67. The van der Waals surface area contributed by atoms with Crippen molar-refractivity contribution >= 4 is 12.0 Å². The summed E-state index contributed by atoms with van der Waals surface area (Å²) in [4.78, 5) is 14.9. The summed E-state index contributed by atoms with van der Waals surface area (Å²) in [5, 5.41) is 4.12. The van der Waals surface area contributed by atoms with Gasteiger partial charge in [-0.15, -0.1) is 0 Å². The van der Waals surface area contributed by atoms with E-state index in [4.69, 9.17) is 5.73 Å². The Kier molecular flexibility index (Phi) is 3.06. The maximum absolute atomic E-state index is 11.7. The molecule has 94 valence electrons. The standard InChI is InChI=1S/C13H16N4O/c1-8-4-12(14)17(13(18)5-8)15-7-11-6-9(2)16-10(11)3/h4-7,16H,14H2,1-3H3/b15-7+. The van der Waals surface area contributed by atoms with Crippen LogP contribution in [0.2, 0.25) is 0 Å². The fraction of sp³-hybridized carbons (Fsp3) is 0.231. The Morgan fingerprint density at radius 2 is 2.00 bits per heavy atom. The zero-order chi connectivity index (χ0) is 13.3. The quantitative estimate of drug-likeness (QED) is 0.787. The van der Waals surface area contributed by atoms with E-state index in [9.17, 15) is 4.79 Å². The van der Waals surface area contributed by atoms with Gasteiger partial charge in [-0.05, 0) is 38.5 Å². The van der Waals surface area contributed by atoms with Gasteiger partial charge in [-0.2, -0.15) is 9.78 Å². The van der Waals surface area contributed by atoms with Crippen molar-refractivity contribution in [1.82, 2.24) is 9.66 Å². The van der Waals surface area contributed by atoms with E-state index in [2.05, 4.69) is 10.1 Å². The van der Waals surface area contributed by atoms with Crippen LogP contribution in [0.25, 0.3) is 0 Å². The largest absolute Gasteiger partial charge is 0.384 e. The number of rotatable bonds is 2. The Balaban J connectivity index is 2.41. The molecule has 3 N–H and O–H groups in total. The van der Waals surface area contributed by atoms with E-state index in [0.717, 1.165) is 22.5 Å². The van der Waals surface area contributed by atoms with Crippen molar-refractivity contribution in [2.24, 2.45) is 5.10 Å². The Labute approximate surface area is 105 Å². The minimum atomic E-state index is -0.228. The van der Waals surface area contributed by atoms with Crippen LogP contribution < -0.4 is 11.3 Å². The normalized spacial score (nSPS) is 11.3. The van der Waals surface area contributed by atoms with Crippen LogP contribution in [0.5, 0.6) is 0 Å². The fourth-order valence-electron chi connectivity index (χ4n) is 1.84. The SMILES string of the molecule is Cc1cc(N)n(/N=C/c2cc(C)[nH]c2C)c(=O)c1. The second-order valence-corrected chi connectivity index (χ2v) is 4.38. The summed E-state index contributed by atoms with van der Waals surface area (Å²) in [6.07, 6.45) is 1.63. The van der Waals surface area contributed by atoms with Gasteiger partial charge in [-0.25, -0.2) is 0 Å². The van der Waals surface area contributed by atoms with Crippen LogP contribution >= 0.6 is 0 Å². The molecule has 0 atom stereocenters. The number of hydrogen-bond acceptors (Lipinski definition) is 3. The number of nitrogens with two attached hydrogens (primary N) is 1. The molecule has 0 saturated heterocycles. The Morgan fingerprint density at radius 1 is 1.28 bits per heavy atom. The number of nitrogens with zero attached hydrogens (tertiary/aromatic N) is 2. The first kappa shape index (κ1) is 12.2. The van der Waals surface area contributed by atoms with Crippen molar-refractivity contribution in [1.29, 1.82) is 0 Å². The molecule has 0 saturated carbocycles. The van der Waals surface area contributed by atoms with E-state index in [1.54, 1.807) is 12.3 Å². The van der Waals surface area contributed by atoms with Crippen LogP contribution in [0, 0.1) is 20.8 Å². The average molecular weight is 244 g/mol. The molecule has 2 aromatic heterocycles. The molecule has 0 aromatic carbocycles. The molecule has 5 heteroatoms. The minimum absolute atomic E-state index is 0.228. The lowest BCUT2D eigenvalue weighted by molar-refractivity contribution is 0.843. The highest BCUT2D eigenvalue weighted by molar-refractivity contribution is 5.81. The Hall–Kier alpha value is -2.30. The number of aromatic amines is 1. The first-order valence-electron chi connectivity index (χ1n) is 5.67. The maximum Gasteiger partial charge on any atom is 0.273 e. The zero-order valence-electron chi connectivity index (χ0n) is 10.7. The zero-order valence-corrected chi connectivity index (χ0v) is 10.7. The van der Waals surface area contributed by atoms with Gasteiger partial charge >= 0.3 is 0 Å². The fourth-order valence-corrected chi connectivity index (χ4v) is 1.84. The van der Waals surface area contributed by atoms with E-state index in [-0.39, 0.29) is 5.56 Å². The van der Waals surface area contributed by atoms with Crippen LogP contribution in [0.1, 0.15) is 22.5 Å². The summed E-state index contributed by atoms with van der Waals surface area (Å²) < 4.78 is 1.19. The molecule has 2 heterocycles. The number of anilines is 1. The molecule has 0 amide bonds. The van der Waals surface area contributed by atoms with Gasteiger partial charge in [0.2, 0.25) is 0 Å². The predicted octanol–water partition coefficient (Wildman–Crippen LogP) is 1.57. The highest BCUT2D eigenvalue weighted by Gasteiger charge is 2.02. The molecular formula is C13H16N4O. The van der Waals surface area contributed by atoms with E-state index in [1.807, 2.05) is 26.8 Å². The third-order valence-corrected chi connectivity index (χ3v) is 2.68. The first-order chi connectivity index (χ1) is 8.47. The molecule has 0 aliphatic rings. The molecule has 2 aromatic rings. The summed E-state index contributed by atoms with van der Waals surface area (Å²) in [6, 6.07) is 5.19. The Morgan fingerprint density at radius 3 is 2.56 bits per heavy atom. The van der Waals surface area contributed by atoms with Crippen LogP contribution in [0.15, 0.2) is 28.1 Å². The summed E-state index contributed by atoms with van der Waals surface area (Å²) in [5.41, 5.74) is 9.38. The number of aromatic nitrogens is 2. The Bertz CT molecular complexity index is 664. The van der Waals surface area contributed by atoms with E-state index >= 15 is 0 Å². The molecule has 18 heavy (non-hydrogen) atoms. The van der Waals surface area contributed by atoms with E-state index in [0.29, 0.717) is 5.82 Å². The van der Waals surface area contributed by atoms with Gasteiger partial charge in [-0.1, -0.05) is 0 Å². The third-order valence-electron chi connectivity index (χ3n) is 2.68. The van der Waals surface area contributed by atoms with Crippen molar-refractivity contribution in [3.63, 3.8) is 0 Å². The lowest BCUT2D eigenvalue weighted by Crippen LogP contribution is -2.19. The van der Waals surface area contributed by atoms with Crippen molar-refractivity contribution in [2.75, 3.05) is 5.73 Å². The van der Waals surface area contributed by atoms with Gasteiger partial charge in [0, 0.05) is 23.0 Å². The number of pyridine rings is 1. The van der Waals surface area contributed by atoms with Crippen LogP contribution in [0.3, 0.4) is 0 Å². The second kappa shape index (κ2) is 4.52. The number of H-pyrrole nitrogens is 1. The minimum Gasteiger partial charge on any atom is -0.384 e. The van der Waals surface area contributed by atoms with Crippen molar-refractivity contribution in [3.8, 4) is 0 Å². The van der Waals surface area contributed by atoms with Gasteiger partial charge in [-0.3, -0.25) is 4.79 Å². The second-order valence-electron chi connectivity index (χ2n) is 4.38. The number of aryl methyl sites for hydroxylation is 3. The van der Waals surface area contributed by atoms with Gasteiger partial charge in [0.25, 0.3) is 5.56 Å².